The van der Waals surface area contributed by atoms with Crippen LogP contribution in [0.15, 0.2) is 59.8 Å². The molecule has 4 heterocycles. The third kappa shape index (κ3) is 4.49. The summed E-state index contributed by atoms with van der Waals surface area (Å²) in [6, 6.07) is 11.1. The number of carbonyl (C=O) groups is 1. The summed E-state index contributed by atoms with van der Waals surface area (Å²) in [4.78, 5) is 37.8. The molecule has 1 atom stereocenters. The van der Waals surface area contributed by atoms with E-state index in [1.807, 2.05) is 55.7 Å². The van der Waals surface area contributed by atoms with Crippen LogP contribution in [-0.4, -0.2) is 35.6 Å². The molecule has 10 heteroatoms. The standard InChI is InChI=1S/C27H28N8O2/c1-4-35-25(28)23(26-29-11-12-30-26)24(37)19-9-10-21(33-27(19)35)18-7-5-17(6-8-18)13-22(36)32-15(2)20-14-31-34-16(20)3/h5-12,14-15H,4,13,28H2,1-3H3,(H,29,30)(H,31,34)(H,32,36). The molecule has 0 saturated carbocycles. The van der Waals surface area contributed by atoms with Crippen LogP contribution in [0, 0.1) is 6.92 Å². The van der Waals surface area contributed by atoms with Gasteiger partial charge in [0.2, 0.25) is 11.3 Å². The fraction of sp³-hybridized carbons (Fsp3) is 0.222. The van der Waals surface area contributed by atoms with E-state index in [2.05, 4.69) is 25.5 Å². The van der Waals surface area contributed by atoms with Crippen molar-refractivity contribution in [2.75, 3.05) is 5.73 Å². The predicted molar refractivity (Wildman–Crippen MR) is 143 cm³/mol. The van der Waals surface area contributed by atoms with Gasteiger partial charge in [-0.2, -0.15) is 5.10 Å². The number of carbonyl (C=O) groups excluding carboxylic acids is 1. The highest BCUT2D eigenvalue weighted by Gasteiger charge is 2.19. The molecule has 0 spiro atoms. The molecule has 5 rings (SSSR count). The Morgan fingerprint density at radius 1 is 1.19 bits per heavy atom. The molecule has 10 nitrogen and oxygen atoms in total. The molecule has 0 bridgehead atoms. The molecule has 0 saturated heterocycles. The molecule has 4 aromatic heterocycles. The number of pyridine rings is 2. The maximum atomic E-state index is 13.2. The van der Waals surface area contributed by atoms with Crippen molar-refractivity contribution in [3.63, 3.8) is 0 Å². The number of H-pyrrole nitrogens is 2. The van der Waals surface area contributed by atoms with E-state index in [1.165, 1.54) is 0 Å². The Balaban J connectivity index is 1.40. The zero-order valence-corrected chi connectivity index (χ0v) is 20.9. The van der Waals surface area contributed by atoms with Gasteiger partial charge < -0.3 is 20.6 Å². The Hall–Kier alpha value is -4.73. The maximum absolute atomic E-state index is 13.2. The molecular formula is C27H28N8O2. The van der Waals surface area contributed by atoms with Crippen LogP contribution in [-0.2, 0) is 17.8 Å². The van der Waals surface area contributed by atoms with Crippen LogP contribution in [0.1, 0.15) is 36.7 Å². The normalized spacial score (nSPS) is 12.1. The number of hydrogen-bond acceptors (Lipinski definition) is 6. The van der Waals surface area contributed by atoms with Crippen molar-refractivity contribution < 1.29 is 4.79 Å². The van der Waals surface area contributed by atoms with Crippen molar-refractivity contribution in [2.45, 2.75) is 39.8 Å². The lowest BCUT2D eigenvalue weighted by atomic mass is 10.0. The Kier molecular flexibility index (Phi) is 6.31. The molecule has 188 valence electrons. The van der Waals surface area contributed by atoms with E-state index in [0.29, 0.717) is 40.5 Å². The average molecular weight is 497 g/mol. The molecule has 5 N–H and O–H groups in total. The number of nitrogens with two attached hydrogens (primary N) is 1. The SMILES string of the molecule is CCn1c(N)c(-c2ncc[nH]2)c(=O)c2ccc(-c3ccc(CC(=O)NC(C)c4c[nH]nc4C)cc3)nc21. The molecule has 0 aliphatic rings. The van der Waals surface area contributed by atoms with Crippen LogP contribution in [0.5, 0.6) is 0 Å². The van der Waals surface area contributed by atoms with Gasteiger partial charge in [-0.15, -0.1) is 0 Å². The lowest BCUT2D eigenvalue weighted by molar-refractivity contribution is -0.121. The van der Waals surface area contributed by atoms with Gasteiger partial charge in [-0.25, -0.2) is 9.97 Å². The number of aryl methyl sites for hydroxylation is 2. The van der Waals surface area contributed by atoms with E-state index in [4.69, 9.17) is 10.7 Å². The number of nitrogen functional groups attached to an aromatic ring is 1. The van der Waals surface area contributed by atoms with Crippen molar-refractivity contribution in [3.05, 3.63) is 82.0 Å². The van der Waals surface area contributed by atoms with Crippen LogP contribution in [0.25, 0.3) is 33.7 Å². The van der Waals surface area contributed by atoms with E-state index in [1.54, 1.807) is 24.7 Å². The first-order valence-corrected chi connectivity index (χ1v) is 12.1. The summed E-state index contributed by atoms with van der Waals surface area (Å²) in [6.07, 6.45) is 5.30. The summed E-state index contributed by atoms with van der Waals surface area (Å²) in [7, 11) is 0. The second-order valence-electron chi connectivity index (χ2n) is 8.93. The summed E-state index contributed by atoms with van der Waals surface area (Å²) >= 11 is 0. The number of rotatable bonds is 7. The van der Waals surface area contributed by atoms with Gasteiger partial charge in [-0.3, -0.25) is 14.7 Å². The first kappa shape index (κ1) is 24.0. The summed E-state index contributed by atoms with van der Waals surface area (Å²) < 4.78 is 1.82. The zero-order chi connectivity index (χ0) is 26.1. The molecule has 0 radical (unpaired) electrons. The second-order valence-corrected chi connectivity index (χ2v) is 8.93. The minimum absolute atomic E-state index is 0.0699. The van der Waals surface area contributed by atoms with E-state index >= 15 is 0 Å². The lowest BCUT2D eigenvalue weighted by Crippen LogP contribution is -2.28. The molecule has 0 fully saturated rings. The van der Waals surface area contributed by atoms with Gasteiger partial charge in [0.05, 0.1) is 29.2 Å². The summed E-state index contributed by atoms with van der Waals surface area (Å²) in [5, 5.41) is 10.4. The number of anilines is 1. The Morgan fingerprint density at radius 2 is 1.97 bits per heavy atom. The van der Waals surface area contributed by atoms with Crippen LogP contribution in [0.4, 0.5) is 5.82 Å². The average Bonchev–Trinajstić information content (AvgIpc) is 3.57. The van der Waals surface area contributed by atoms with Gasteiger partial charge in [0.25, 0.3) is 0 Å². The minimum atomic E-state index is -0.215. The van der Waals surface area contributed by atoms with Crippen LogP contribution >= 0.6 is 0 Å². The van der Waals surface area contributed by atoms with Gasteiger partial charge in [-0.1, -0.05) is 24.3 Å². The molecule has 0 aliphatic carbocycles. The third-order valence-electron chi connectivity index (χ3n) is 6.53. The number of aromatic amines is 2. The lowest BCUT2D eigenvalue weighted by Gasteiger charge is -2.15. The Bertz CT molecular complexity index is 1630. The molecule has 1 unspecified atom stereocenters. The van der Waals surface area contributed by atoms with E-state index in [-0.39, 0.29) is 23.8 Å². The van der Waals surface area contributed by atoms with E-state index < -0.39 is 0 Å². The fourth-order valence-electron chi connectivity index (χ4n) is 4.60. The van der Waals surface area contributed by atoms with Crippen molar-refractivity contribution in [2.24, 2.45) is 0 Å². The summed E-state index contributed by atoms with van der Waals surface area (Å²) in [5.41, 5.74) is 11.3. The highest BCUT2D eigenvalue weighted by molar-refractivity contribution is 5.87. The number of hydrogen-bond donors (Lipinski definition) is 4. The van der Waals surface area contributed by atoms with Gasteiger partial charge in [0.15, 0.2) is 0 Å². The molecule has 1 aromatic carbocycles. The number of benzene rings is 1. The van der Waals surface area contributed by atoms with Crippen molar-refractivity contribution in [1.82, 2.24) is 35.0 Å². The van der Waals surface area contributed by atoms with Crippen molar-refractivity contribution in [1.29, 1.82) is 0 Å². The van der Waals surface area contributed by atoms with Gasteiger partial charge in [0.1, 0.15) is 22.9 Å². The highest BCUT2D eigenvalue weighted by atomic mass is 16.1. The van der Waals surface area contributed by atoms with Crippen LogP contribution in [0.2, 0.25) is 0 Å². The van der Waals surface area contributed by atoms with Gasteiger partial charge in [-0.05, 0) is 38.5 Å². The fourth-order valence-corrected chi connectivity index (χ4v) is 4.60. The van der Waals surface area contributed by atoms with Gasteiger partial charge in [0, 0.05) is 36.3 Å². The first-order chi connectivity index (χ1) is 17.9. The van der Waals surface area contributed by atoms with Crippen LogP contribution in [0.3, 0.4) is 0 Å². The van der Waals surface area contributed by atoms with Gasteiger partial charge >= 0.3 is 0 Å². The molecule has 0 aliphatic heterocycles. The molecule has 5 aromatic rings. The number of nitrogens with zero attached hydrogens (tertiary/aromatic N) is 4. The number of nitrogens with one attached hydrogen (secondary N) is 3. The van der Waals surface area contributed by atoms with Crippen molar-refractivity contribution in [3.8, 4) is 22.6 Å². The largest absolute Gasteiger partial charge is 0.384 e. The Morgan fingerprint density at radius 3 is 2.62 bits per heavy atom. The molecule has 1 amide bonds. The maximum Gasteiger partial charge on any atom is 0.224 e. The molecule has 37 heavy (non-hydrogen) atoms. The quantitative estimate of drug-likeness (QED) is 0.271. The third-order valence-corrected chi connectivity index (χ3v) is 6.53. The second kappa shape index (κ2) is 9.73. The number of fused-ring (bicyclic) bond motifs is 1. The first-order valence-electron chi connectivity index (χ1n) is 12.1. The predicted octanol–water partition coefficient (Wildman–Crippen LogP) is 3.51. The van der Waals surface area contributed by atoms with E-state index in [9.17, 15) is 9.59 Å². The molecular weight excluding hydrogens is 468 g/mol. The topological polar surface area (TPSA) is 147 Å². The number of amides is 1. The zero-order valence-electron chi connectivity index (χ0n) is 20.9. The Labute approximate surface area is 213 Å². The summed E-state index contributed by atoms with van der Waals surface area (Å²) in [5.74, 6) is 0.685. The highest BCUT2D eigenvalue weighted by Crippen LogP contribution is 2.26. The van der Waals surface area contributed by atoms with Crippen LogP contribution < -0.4 is 16.5 Å². The summed E-state index contributed by atoms with van der Waals surface area (Å²) in [6.45, 7) is 6.33. The van der Waals surface area contributed by atoms with Crippen molar-refractivity contribution >= 4 is 22.8 Å². The minimum Gasteiger partial charge on any atom is -0.384 e. The van der Waals surface area contributed by atoms with E-state index in [0.717, 1.165) is 22.4 Å². The monoisotopic (exact) mass is 496 g/mol. The number of imidazole rings is 1. The smallest absolute Gasteiger partial charge is 0.224 e. The number of aromatic nitrogens is 6.